The monoisotopic (exact) mass is 306 g/mol. The first-order chi connectivity index (χ1) is 10.1. The third-order valence-electron chi connectivity index (χ3n) is 2.94. The number of benzene rings is 1. The first-order valence-corrected chi connectivity index (χ1v) is 7.03. The van der Waals surface area contributed by atoms with Crippen LogP contribution in [0.4, 0.5) is 0 Å². The van der Waals surface area contributed by atoms with E-state index in [2.05, 4.69) is 15.3 Å². The second kappa shape index (κ2) is 7.14. The van der Waals surface area contributed by atoms with Crippen molar-refractivity contribution in [2.24, 2.45) is 5.10 Å². The number of aliphatic hydroxyl groups excluding tert-OH is 1. The number of methoxy groups -OCH3 is 1. The molecule has 0 fully saturated rings. The van der Waals surface area contributed by atoms with Crippen molar-refractivity contribution in [1.29, 1.82) is 0 Å². The molecule has 1 atom stereocenters. The van der Waals surface area contributed by atoms with Crippen LogP contribution in [-0.4, -0.2) is 39.4 Å². The van der Waals surface area contributed by atoms with Crippen LogP contribution in [0.25, 0.3) is 0 Å². The summed E-state index contributed by atoms with van der Waals surface area (Å²) in [7, 11) is 1.63. The van der Waals surface area contributed by atoms with Gasteiger partial charge in [0.15, 0.2) is 5.82 Å². The summed E-state index contributed by atoms with van der Waals surface area (Å²) >= 11 is 5.16. The van der Waals surface area contributed by atoms with Crippen LogP contribution in [0.5, 0.6) is 5.75 Å². The van der Waals surface area contributed by atoms with Gasteiger partial charge in [0.25, 0.3) is 0 Å². The van der Waals surface area contributed by atoms with Gasteiger partial charge in [0.2, 0.25) is 4.77 Å². The van der Waals surface area contributed by atoms with Gasteiger partial charge in [-0.25, -0.2) is 0 Å². The normalized spacial score (nSPS) is 12.7. The van der Waals surface area contributed by atoms with Gasteiger partial charge in [-0.3, -0.25) is 5.10 Å². The fourth-order valence-corrected chi connectivity index (χ4v) is 1.96. The number of nitrogens with one attached hydrogen (secondary N) is 1. The van der Waals surface area contributed by atoms with Crippen molar-refractivity contribution in [2.45, 2.75) is 25.9 Å². The van der Waals surface area contributed by atoms with E-state index in [0.717, 1.165) is 11.3 Å². The zero-order valence-electron chi connectivity index (χ0n) is 12.0. The van der Waals surface area contributed by atoms with Crippen molar-refractivity contribution in [3.63, 3.8) is 0 Å². The van der Waals surface area contributed by atoms with Gasteiger partial charge in [-0.15, -0.1) is 0 Å². The molecule has 2 aromatic rings. The number of ether oxygens (including phenoxy) is 1. The molecule has 0 spiro atoms. The summed E-state index contributed by atoms with van der Waals surface area (Å²) in [5.74, 6) is 1.50. The number of hydrogen-bond donors (Lipinski definition) is 2. The Balaban J connectivity index is 2.15. The molecule has 0 radical (unpaired) electrons. The Hall–Kier alpha value is -1.99. The van der Waals surface area contributed by atoms with E-state index in [9.17, 15) is 5.11 Å². The number of nitrogens with zero attached hydrogens (tertiary/aromatic N) is 3. The Morgan fingerprint density at radius 2 is 2.19 bits per heavy atom. The maximum absolute atomic E-state index is 9.35. The molecule has 0 saturated carbocycles. The molecule has 112 valence electrons. The summed E-state index contributed by atoms with van der Waals surface area (Å²) in [5, 5.41) is 20.5. The molecule has 0 aliphatic heterocycles. The largest absolute Gasteiger partial charge is 0.497 e. The molecule has 0 aliphatic carbocycles. The zero-order chi connectivity index (χ0) is 15.2. The third kappa shape index (κ3) is 4.24. The summed E-state index contributed by atoms with van der Waals surface area (Å²) in [4.78, 5) is 0. The molecule has 0 saturated heterocycles. The zero-order valence-corrected chi connectivity index (χ0v) is 12.8. The average molecular weight is 306 g/mol. The molecule has 0 aliphatic rings. The maximum Gasteiger partial charge on any atom is 0.216 e. The summed E-state index contributed by atoms with van der Waals surface area (Å²) in [6.07, 6.45) is 2.54. The smallest absolute Gasteiger partial charge is 0.216 e. The van der Waals surface area contributed by atoms with E-state index in [0.29, 0.717) is 23.4 Å². The molecule has 2 rings (SSSR count). The van der Waals surface area contributed by atoms with Gasteiger partial charge < -0.3 is 9.84 Å². The number of hydrogen-bond acceptors (Lipinski definition) is 5. The van der Waals surface area contributed by atoms with Gasteiger partial charge in [0, 0.05) is 6.42 Å². The lowest BCUT2D eigenvalue weighted by Gasteiger charge is -2.03. The lowest BCUT2D eigenvalue weighted by atomic mass is 10.2. The summed E-state index contributed by atoms with van der Waals surface area (Å²) < 4.78 is 7.11. The summed E-state index contributed by atoms with van der Waals surface area (Å²) in [6.45, 7) is 1.74. The van der Waals surface area contributed by atoms with E-state index in [4.69, 9.17) is 17.0 Å². The molecule has 1 aromatic heterocycles. The van der Waals surface area contributed by atoms with E-state index in [1.54, 1.807) is 24.9 Å². The summed E-state index contributed by atoms with van der Waals surface area (Å²) in [6, 6.07) is 7.54. The Morgan fingerprint density at radius 1 is 1.48 bits per heavy atom. The minimum Gasteiger partial charge on any atom is -0.497 e. The molecule has 1 heterocycles. The molecule has 7 heteroatoms. The second-order valence-electron chi connectivity index (χ2n) is 4.66. The van der Waals surface area contributed by atoms with Crippen LogP contribution in [0.2, 0.25) is 0 Å². The van der Waals surface area contributed by atoms with Crippen molar-refractivity contribution >= 4 is 18.4 Å². The van der Waals surface area contributed by atoms with Crippen LogP contribution in [0, 0.1) is 4.77 Å². The van der Waals surface area contributed by atoms with E-state index >= 15 is 0 Å². The fourth-order valence-electron chi connectivity index (χ4n) is 1.76. The molecule has 6 nitrogen and oxygen atoms in total. The molecule has 1 unspecified atom stereocenters. The van der Waals surface area contributed by atoms with Crippen LogP contribution in [0.3, 0.4) is 0 Å². The predicted molar refractivity (Wildman–Crippen MR) is 83.4 cm³/mol. The van der Waals surface area contributed by atoms with Gasteiger partial charge in [-0.2, -0.15) is 14.9 Å². The van der Waals surface area contributed by atoms with Gasteiger partial charge in [0.05, 0.1) is 19.4 Å². The molecule has 1 aromatic carbocycles. The van der Waals surface area contributed by atoms with Gasteiger partial charge >= 0.3 is 0 Å². The number of aliphatic hydroxyl groups is 1. The highest BCUT2D eigenvalue weighted by atomic mass is 32.1. The second-order valence-corrected chi connectivity index (χ2v) is 5.05. The molecular formula is C14H18N4O2S. The standard InChI is InChI=1S/C14H18N4O2S/c1-10(19)3-8-13-16-17-14(21)18(13)15-9-11-4-6-12(20-2)7-5-11/h4-7,9-10,19H,3,8H2,1-2H3,(H,17,21)/b15-9+. The van der Waals surface area contributed by atoms with Gasteiger partial charge in [-0.1, -0.05) is 0 Å². The molecule has 0 bridgehead atoms. The molecule has 21 heavy (non-hydrogen) atoms. The molecule has 2 N–H and O–H groups in total. The first kappa shape index (κ1) is 15.4. The van der Waals surface area contributed by atoms with Crippen molar-refractivity contribution in [3.05, 3.63) is 40.4 Å². The quantitative estimate of drug-likeness (QED) is 0.633. The minimum atomic E-state index is -0.380. The molecule has 0 amide bonds. The highest BCUT2D eigenvalue weighted by molar-refractivity contribution is 7.71. The first-order valence-electron chi connectivity index (χ1n) is 6.63. The number of H-pyrrole nitrogens is 1. The third-order valence-corrected chi connectivity index (χ3v) is 3.21. The van der Waals surface area contributed by atoms with Crippen LogP contribution >= 0.6 is 12.2 Å². The van der Waals surface area contributed by atoms with Crippen molar-refractivity contribution in [2.75, 3.05) is 7.11 Å². The number of aromatic amines is 1. The lowest BCUT2D eigenvalue weighted by Crippen LogP contribution is -2.06. The van der Waals surface area contributed by atoms with Crippen molar-refractivity contribution in [3.8, 4) is 5.75 Å². The van der Waals surface area contributed by atoms with Crippen molar-refractivity contribution < 1.29 is 9.84 Å². The van der Waals surface area contributed by atoms with Crippen LogP contribution in [0.1, 0.15) is 24.7 Å². The fraction of sp³-hybridized carbons (Fsp3) is 0.357. The maximum atomic E-state index is 9.35. The number of aryl methyl sites for hydroxylation is 1. The van der Waals surface area contributed by atoms with Crippen LogP contribution in [0.15, 0.2) is 29.4 Å². The Labute approximate surface area is 128 Å². The van der Waals surface area contributed by atoms with E-state index in [-0.39, 0.29) is 6.10 Å². The SMILES string of the molecule is COc1ccc(/C=N/n2c(CCC(C)O)n[nH]c2=S)cc1. The van der Waals surface area contributed by atoms with E-state index in [1.807, 2.05) is 24.3 Å². The highest BCUT2D eigenvalue weighted by Gasteiger charge is 2.06. The Bertz CT molecular complexity index is 658. The Kier molecular flexibility index (Phi) is 5.24. The average Bonchev–Trinajstić information content (AvgIpc) is 2.84. The summed E-state index contributed by atoms with van der Waals surface area (Å²) in [5.41, 5.74) is 0.931. The lowest BCUT2D eigenvalue weighted by molar-refractivity contribution is 0.184. The van der Waals surface area contributed by atoms with E-state index in [1.165, 1.54) is 0 Å². The van der Waals surface area contributed by atoms with Gasteiger partial charge in [0.1, 0.15) is 5.75 Å². The van der Waals surface area contributed by atoms with Crippen LogP contribution in [-0.2, 0) is 6.42 Å². The molecular weight excluding hydrogens is 288 g/mol. The number of aromatic nitrogens is 3. The highest BCUT2D eigenvalue weighted by Crippen LogP contribution is 2.10. The minimum absolute atomic E-state index is 0.380. The van der Waals surface area contributed by atoms with Crippen LogP contribution < -0.4 is 4.74 Å². The topological polar surface area (TPSA) is 75.4 Å². The number of rotatable bonds is 6. The Morgan fingerprint density at radius 3 is 2.81 bits per heavy atom. The van der Waals surface area contributed by atoms with Gasteiger partial charge in [-0.05, 0) is 55.4 Å². The van der Waals surface area contributed by atoms with E-state index < -0.39 is 0 Å². The predicted octanol–water partition coefficient (Wildman–Crippen LogP) is 2.14. The van der Waals surface area contributed by atoms with Crippen molar-refractivity contribution in [1.82, 2.24) is 14.9 Å².